The Morgan fingerprint density at radius 2 is 1.75 bits per heavy atom. The van der Waals surface area contributed by atoms with Crippen molar-refractivity contribution >= 4 is 11.9 Å². The summed E-state index contributed by atoms with van der Waals surface area (Å²) in [4.78, 5) is 24.7. The molecule has 1 aromatic carbocycles. The molecule has 0 aromatic heterocycles. The van der Waals surface area contributed by atoms with Crippen LogP contribution in [0.3, 0.4) is 0 Å². The fourth-order valence-electron chi connectivity index (χ4n) is 3.10. The van der Waals surface area contributed by atoms with E-state index in [-0.39, 0.29) is 25.0 Å². The monoisotopic (exact) mass is 336 g/mol. The first-order valence-corrected chi connectivity index (χ1v) is 8.17. The summed E-state index contributed by atoms with van der Waals surface area (Å²) in [6.45, 7) is 4.56. The van der Waals surface area contributed by atoms with Crippen molar-refractivity contribution in [3.63, 3.8) is 0 Å². The van der Waals surface area contributed by atoms with Gasteiger partial charge in [-0.3, -0.25) is 9.59 Å². The number of carbonyl (C=O) groups is 2. The Labute approximate surface area is 142 Å². The van der Waals surface area contributed by atoms with Crippen molar-refractivity contribution in [3.8, 4) is 5.75 Å². The van der Waals surface area contributed by atoms with Gasteiger partial charge in [0.1, 0.15) is 5.75 Å². The summed E-state index contributed by atoms with van der Waals surface area (Å²) in [5.41, 5.74) is 0.918. The number of methoxy groups -OCH3 is 1. The minimum absolute atomic E-state index is 0.139. The van der Waals surface area contributed by atoms with Gasteiger partial charge in [-0.15, -0.1) is 0 Å². The van der Waals surface area contributed by atoms with E-state index in [2.05, 4.69) is 0 Å². The molecular weight excluding hydrogens is 312 g/mol. The Morgan fingerprint density at radius 3 is 2.33 bits per heavy atom. The van der Waals surface area contributed by atoms with Gasteiger partial charge in [0, 0.05) is 11.8 Å². The lowest BCUT2D eigenvalue weighted by molar-refractivity contribution is -0.164. The van der Waals surface area contributed by atoms with Gasteiger partial charge in [-0.05, 0) is 25.5 Å². The second-order valence-electron chi connectivity index (χ2n) is 5.53. The topological polar surface area (TPSA) is 71.1 Å². The molecule has 0 bridgehead atoms. The summed E-state index contributed by atoms with van der Waals surface area (Å²) in [5, 5.41) is 0. The molecule has 1 aliphatic heterocycles. The van der Waals surface area contributed by atoms with Crippen molar-refractivity contribution < 1.29 is 28.5 Å². The minimum atomic E-state index is -0.998. The number of hydrogen-bond acceptors (Lipinski definition) is 6. The van der Waals surface area contributed by atoms with Crippen molar-refractivity contribution in [1.29, 1.82) is 0 Å². The largest absolute Gasteiger partial charge is 0.496 e. The van der Waals surface area contributed by atoms with E-state index in [1.807, 2.05) is 24.3 Å². The lowest BCUT2D eigenvalue weighted by Gasteiger charge is -2.25. The molecule has 1 fully saturated rings. The summed E-state index contributed by atoms with van der Waals surface area (Å²) in [6, 6.07) is 7.56. The van der Waals surface area contributed by atoms with Gasteiger partial charge in [-0.2, -0.15) is 0 Å². The number of ether oxygens (including phenoxy) is 4. The molecule has 0 amide bonds. The average molecular weight is 336 g/mol. The van der Waals surface area contributed by atoms with Crippen LogP contribution in [0.4, 0.5) is 0 Å². The number of para-hydroxylation sites is 1. The highest BCUT2D eigenvalue weighted by Crippen LogP contribution is 2.40. The van der Waals surface area contributed by atoms with E-state index in [4.69, 9.17) is 18.9 Å². The summed E-state index contributed by atoms with van der Waals surface area (Å²) in [5.74, 6) is -1.90. The SMILES string of the molecule is CCOC(=O)C(C(=O)OCC)[C@@H]1COC[C@H]1c1ccccc1OC. The van der Waals surface area contributed by atoms with Crippen LogP contribution in [0.5, 0.6) is 5.75 Å². The van der Waals surface area contributed by atoms with Gasteiger partial charge in [-0.1, -0.05) is 18.2 Å². The molecule has 0 aliphatic carbocycles. The highest BCUT2D eigenvalue weighted by molar-refractivity contribution is 5.95. The molecule has 132 valence electrons. The maximum Gasteiger partial charge on any atom is 0.320 e. The normalized spacial score (nSPS) is 20.0. The Hall–Kier alpha value is -2.08. The van der Waals surface area contributed by atoms with Crippen LogP contribution >= 0.6 is 0 Å². The van der Waals surface area contributed by atoms with E-state index < -0.39 is 17.9 Å². The molecule has 6 nitrogen and oxygen atoms in total. The highest BCUT2D eigenvalue weighted by atomic mass is 16.6. The zero-order chi connectivity index (χ0) is 17.5. The first kappa shape index (κ1) is 18.3. The van der Waals surface area contributed by atoms with E-state index in [9.17, 15) is 9.59 Å². The molecule has 0 N–H and O–H groups in total. The number of rotatable bonds is 7. The second-order valence-corrected chi connectivity index (χ2v) is 5.53. The molecule has 0 saturated carbocycles. The quantitative estimate of drug-likeness (QED) is 0.561. The molecule has 0 radical (unpaired) electrons. The van der Waals surface area contributed by atoms with Crippen LogP contribution in [-0.4, -0.2) is 45.5 Å². The predicted molar refractivity (Wildman–Crippen MR) is 86.8 cm³/mol. The predicted octanol–water partition coefficient (Wildman–Crippen LogP) is 2.17. The van der Waals surface area contributed by atoms with Crippen molar-refractivity contribution in [2.45, 2.75) is 19.8 Å². The number of esters is 2. The number of carbonyl (C=O) groups excluding carboxylic acids is 2. The van der Waals surface area contributed by atoms with Gasteiger partial charge in [0.15, 0.2) is 5.92 Å². The first-order valence-electron chi connectivity index (χ1n) is 8.17. The van der Waals surface area contributed by atoms with Gasteiger partial charge in [0.05, 0.1) is 33.5 Å². The zero-order valence-corrected chi connectivity index (χ0v) is 14.3. The minimum Gasteiger partial charge on any atom is -0.496 e. The average Bonchev–Trinajstić information content (AvgIpc) is 3.04. The summed E-state index contributed by atoms with van der Waals surface area (Å²) in [7, 11) is 1.60. The Balaban J connectivity index is 2.33. The lowest BCUT2D eigenvalue weighted by atomic mass is 9.79. The third-order valence-corrected chi connectivity index (χ3v) is 4.17. The molecule has 24 heavy (non-hydrogen) atoms. The number of benzene rings is 1. The lowest BCUT2D eigenvalue weighted by Crippen LogP contribution is -2.37. The fraction of sp³-hybridized carbons (Fsp3) is 0.556. The third-order valence-electron chi connectivity index (χ3n) is 4.17. The van der Waals surface area contributed by atoms with Crippen LogP contribution in [-0.2, 0) is 23.8 Å². The van der Waals surface area contributed by atoms with Gasteiger partial charge in [0.25, 0.3) is 0 Å². The third kappa shape index (κ3) is 3.87. The smallest absolute Gasteiger partial charge is 0.320 e. The maximum absolute atomic E-state index is 12.4. The van der Waals surface area contributed by atoms with Crippen LogP contribution in [0.2, 0.25) is 0 Å². The first-order chi connectivity index (χ1) is 11.6. The van der Waals surface area contributed by atoms with E-state index in [0.29, 0.717) is 19.0 Å². The molecule has 1 aromatic rings. The van der Waals surface area contributed by atoms with Gasteiger partial charge >= 0.3 is 11.9 Å². The van der Waals surface area contributed by atoms with E-state index in [1.54, 1.807) is 21.0 Å². The molecule has 1 saturated heterocycles. The van der Waals surface area contributed by atoms with Crippen molar-refractivity contribution in [2.75, 3.05) is 33.5 Å². The van der Waals surface area contributed by atoms with Gasteiger partial charge < -0.3 is 18.9 Å². The Morgan fingerprint density at radius 1 is 1.12 bits per heavy atom. The molecule has 2 rings (SSSR count). The standard InChI is InChI=1S/C18H24O6/c1-4-23-17(19)16(18(20)24-5-2)14-11-22-10-13(14)12-8-6-7-9-15(12)21-3/h6-9,13-14,16H,4-5,10-11H2,1-3H3/t13-,14+/m0/s1. The van der Waals surface area contributed by atoms with Gasteiger partial charge in [0.2, 0.25) is 0 Å². The summed E-state index contributed by atoms with van der Waals surface area (Å²) < 4.78 is 21.2. The van der Waals surface area contributed by atoms with E-state index in [0.717, 1.165) is 5.56 Å². The molecule has 0 unspecified atom stereocenters. The van der Waals surface area contributed by atoms with Crippen LogP contribution in [0, 0.1) is 11.8 Å². The Kier molecular flexibility index (Phi) is 6.61. The molecule has 0 spiro atoms. The fourth-order valence-corrected chi connectivity index (χ4v) is 3.10. The second kappa shape index (κ2) is 8.68. The molecule has 1 aliphatic rings. The van der Waals surface area contributed by atoms with Crippen molar-refractivity contribution in [1.82, 2.24) is 0 Å². The van der Waals surface area contributed by atoms with Crippen LogP contribution < -0.4 is 4.74 Å². The summed E-state index contributed by atoms with van der Waals surface area (Å²) in [6.07, 6.45) is 0. The molecule has 6 heteroatoms. The molecule has 2 atom stereocenters. The highest BCUT2D eigenvalue weighted by Gasteiger charge is 2.45. The van der Waals surface area contributed by atoms with Crippen LogP contribution in [0.25, 0.3) is 0 Å². The van der Waals surface area contributed by atoms with Crippen LogP contribution in [0.1, 0.15) is 25.3 Å². The van der Waals surface area contributed by atoms with E-state index >= 15 is 0 Å². The van der Waals surface area contributed by atoms with Crippen molar-refractivity contribution in [3.05, 3.63) is 29.8 Å². The number of hydrogen-bond donors (Lipinski definition) is 0. The van der Waals surface area contributed by atoms with E-state index in [1.165, 1.54) is 0 Å². The molecular formula is C18H24O6. The Bertz CT molecular complexity index is 552. The molecule has 1 heterocycles. The van der Waals surface area contributed by atoms with Crippen molar-refractivity contribution in [2.24, 2.45) is 11.8 Å². The van der Waals surface area contributed by atoms with Gasteiger partial charge in [-0.25, -0.2) is 0 Å². The maximum atomic E-state index is 12.4. The van der Waals surface area contributed by atoms with Crippen LogP contribution in [0.15, 0.2) is 24.3 Å². The zero-order valence-electron chi connectivity index (χ0n) is 14.3. The summed E-state index contributed by atoms with van der Waals surface area (Å²) >= 11 is 0.